The highest BCUT2D eigenvalue weighted by atomic mass is 35.5. The van der Waals surface area contributed by atoms with Crippen LogP contribution < -0.4 is 10.6 Å². The Labute approximate surface area is 202 Å². The first-order chi connectivity index (χ1) is 14.5. The highest BCUT2D eigenvalue weighted by Crippen LogP contribution is 2.39. The molecule has 0 aromatic heterocycles. The maximum atomic E-state index is 12.5. The van der Waals surface area contributed by atoms with Gasteiger partial charge in [0.2, 0.25) is 0 Å². The average Bonchev–Trinajstić information content (AvgIpc) is 2.67. The van der Waals surface area contributed by atoms with Gasteiger partial charge in [-0.05, 0) is 54.6 Å². The van der Waals surface area contributed by atoms with E-state index < -0.39 is 16.1 Å². The molecule has 0 saturated heterocycles. The van der Waals surface area contributed by atoms with E-state index in [1.54, 1.807) is 18.2 Å². The molecule has 0 saturated carbocycles. The fraction of sp³-hybridized carbons (Fsp3) is 0. The van der Waals surface area contributed by atoms with Gasteiger partial charge in [-0.3, -0.25) is 4.55 Å². The van der Waals surface area contributed by atoms with Gasteiger partial charge in [0.15, 0.2) is 0 Å². The highest BCUT2D eigenvalue weighted by Gasteiger charge is 2.19. The number of halogens is 4. The van der Waals surface area contributed by atoms with Crippen LogP contribution in [0.25, 0.3) is 0 Å². The number of nitrogens with one attached hydrogen (secondary N) is 2. The molecule has 3 N–H and O–H groups in total. The fourth-order valence-electron chi connectivity index (χ4n) is 2.43. The van der Waals surface area contributed by atoms with Crippen LogP contribution in [0.2, 0.25) is 20.1 Å². The third-order valence-corrected chi connectivity index (χ3v) is 7.15. The molecule has 2 amide bonds. The van der Waals surface area contributed by atoms with Gasteiger partial charge in [0.1, 0.15) is 4.90 Å². The van der Waals surface area contributed by atoms with Crippen LogP contribution in [0.15, 0.2) is 69.3 Å². The van der Waals surface area contributed by atoms with Crippen molar-refractivity contribution >= 4 is 85.7 Å². The largest absolute Gasteiger partial charge is 0.323 e. The Morgan fingerprint density at radius 3 is 2.10 bits per heavy atom. The van der Waals surface area contributed by atoms with Crippen molar-refractivity contribution in [1.29, 1.82) is 0 Å². The van der Waals surface area contributed by atoms with Gasteiger partial charge in [0.25, 0.3) is 10.1 Å². The number of carbonyl (C=O) groups is 1. The van der Waals surface area contributed by atoms with Crippen molar-refractivity contribution < 1.29 is 17.8 Å². The Balaban J connectivity index is 1.88. The molecule has 31 heavy (non-hydrogen) atoms. The van der Waals surface area contributed by atoms with E-state index in [2.05, 4.69) is 10.6 Å². The first-order valence-electron chi connectivity index (χ1n) is 8.30. The van der Waals surface area contributed by atoms with Gasteiger partial charge in [0.05, 0.1) is 15.7 Å². The zero-order chi connectivity index (χ0) is 22.8. The molecule has 0 aliphatic rings. The van der Waals surface area contributed by atoms with Crippen LogP contribution in [-0.4, -0.2) is 19.0 Å². The second-order valence-electron chi connectivity index (χ2n) is 6.02. The van der Waals surface area contributed by atoms with Crippen molar-refractivity contribution in [2.75, 3.05) is 10.6 Å². The molecule has 0 heterocycles. The quantitative estimate of drug-likeness (QED) is 0.296. The minimum absolute atomic E-state index is 0.146. The number of anilines is 2. The summed E-state index contributed by atoms with van der Waals surface area (Å²) in [6.45, 7) is 0. The average molecular weight is 538 g/mol. The third kappa shape index (κ3) is 6.43. The van der Waals surface area contributed by atoms with Crippen LogP contribution in [0.5, 0.6) is 0 Å². The Morgan fingerprint density at radius 1 is 0.806 bits per heavy atom. The molecule has 162 valence electrons. The standard InChI is InChI=1S/C19H12Cl4N2O4S2/c20-10-1-5-16(30-17-6-2-11(21)8-18(17)31(27,28)29)15(7-10)25-19(26)24-12-3-4-13(22)14(23)9-12/h1-9H,(H2,24,25,26)(H,27,28,29). The van der Waals surface area contributed by atoms with Gasteiger partial charge in [-0.2, -0.15) is 8.42 Å². The maximum absolute atomic E-state index is 12.5. The van der Waals surface area contributed by atoms with Crippen LogP contribution in [0.1, 0.15) is 0 Å². The smallest absolute Gasteiger partial charge is 0.308 e. The van der Waals surface area contributed by atoms with E-state index in [0.29, 0.717) is 26.3 Å². The topological polar surface area (TPSA) is 95.5 Å². The van der Waals surface area contributed by atoms with Crippen molar-refractivity contribution in [3.8, 4) is 0 Å². The minimum atomic E-state index is -4.52. The summed E-state index contributed by atoms with van der Waals surface area (Å²) in [5, 5.41) is 6.38. The normalized spacial score (nSPS) is 11.3. The van der Waals surface area contributed by atoms with Crippen molar-refractivity contribution in [3.05, 3.63) is 74.7 Å². The van der Waals surface area contributed by atoms with E-state index in [1.807, 2.05) is 0 Å². The van der Waals surface area contributed by atoms with E-state index in [0.717, 1.165) is 17.8 Å². The van der Waals surface area contributed by atoms with Gasteiger partial charge >= 0.3 is 6.03 Å². The number of amides is 2. The van der Waals surface area contributed by atoms with E-state index in [1.165, 1.54) is 30.3 Å². The molecule has 0 aliphatic heterocycles. The van der Waals surface area contributed by atoms with Crippen LogP contribution in [0, 0.1) is 0 Å². The fourth-order valence-corrected chi connectivity index (χ4v) is 5.07. The van der Waals surface area contributed by atoms with Gasteiger partial charge in [-0.25, -0.2) is 4.79 Å². The molecule has 12 heteroatoms. The van der Waals surface area contributed by atoms with Crippen molar-refractivity contribution in [3.63, 3.8) is 0 Å². The Hall–Kier alpha value is -1.65. The summed E-state index contributed by atoms with van der Waals surface area (Å²) in [6, 6.07) is 12.8. The summed E-state index contributed by atoms with van der Waals surface area (Å²) in [5.74, 6) is 0. The van der Waals surface area contributed by atoms with E-state index in [-0.39, 0.29) is 19.8 Å². The molecule has 0 bridgehead atoms. The van der Waals surface area contributed by atoms with Crippen LogP contribution in [0.4, 0.5) is 16.2 Å². The van der Waals surface area contributed by atoms with Crippen LogP contribution in [-0.2, 0) is 10.1 Å². The molecule has 0 unspecified atom stereocenters. The zero-order valence-electron chi connectivity index (χ0n) is 15.2. The van der Waals surface area contributed by atoms with Gasteiger partial charge < -0.3 is 10.6 Å². The van der Waals surface area contributed by atoms with E-state index >= 15 is 0 Å². The second kappa shape index (κ2) is 9.87. The first-order valence-corrected chi connectivity index (χ1v) is 12.1. The Morgan fingerprint density at radius 2 is 1.45 bits per heavy atom. The second-order valence-corrected chi connectivity index (χ2v) is 10.2. The van der Waals surface area contributed by atoms with Gasteiger partial charge in [0, 0.05) is 25.5 Å². The van der Waals surface area contributed by atoms with Crippen molar-refractivity contribution in [2.45, 2.75) is 14.7 Å². The predicted molar refractivity (Wildman–Crippen MR) is 126 cm³/mol. The molecule has 0 atom stereocenters. The molecule has 6 nitrogen and oxygen atoms in total. The van der Waals surface area contributed by atoms with E-state index in [4.69, 9.17) is 46.4 Å². The SMILES string of the molecule is O=C(Nc1ccc(Cl)c(Cl)c1)Nc1cc(Cl)ccc1Sc1ccc(Cl)cc1S(=O)(=O)O. The molecule has 0 aliphatic carbocycles. The van der Waals surface area contributed by atoms with Crippen LogP contribution >= 0.6 is 58.2 Å². The summed E-state index contributed by atoms with van der Waals surface area (Å²) < 4.78 is 33.0. The van der Waals surface area contributed by atoms with E-state index in [9.17, 15) is 17.8 Å². The molecule has 0 fully saturated rings. The summed E-state index contributed by atoms with van der Waals surface area (Å²) in [7, 11) is -4.52. The van der Waals surface area contributed by atoms with Crippen LogP contribution in [0.3, 0.4) is 0 Å². The number of benzene rings is 3. The number of hydrogen-bond donors (Lipinski definition) is 3. The monoisotopic (exact) mass is 536 g/mol. The van der Waals surface area contributed by atoms with Crippen molar-refractivity contribution in [2.24, 2.45) is 0 Å². The van der Waals surface area contributed by atoms with Gasteiger partial charge in [-0.15, -0.1) is 0 Å². The molecule has 0 spiro atoms. The molecule has 3 rings (SSSR count). The number of hydrogen-bond acceptors (Lipinski definition) is 4. The Bertz CT molecular complexity index is 1270. The molecular weight excluding hydrogens is 526 g/mol. The summed E-state index contributed by atoms with van der Waals surface area (Å²) >= 11 is 24.7. The Kier molecular flexibility index (Phi) is 7.64. The number of urea groups is 1. The minimum Gasteiger partial charge on any atom is -0.308 e. The predicted octanol–water partition coefficient (Wildman–Crippen LogP) is 7.34. The lowest BCUT2D eigenvalue weighted by atomic mass is 10.3. The third-order valence-electron chi connectivity index (χ3n) is 3.77. The first kappa shape index (κ1) is 24.0. The number of carbonyl (C=O) groups excluding carboxylic acids is 1. The lowest BCUT2D eigenvalue weighted by Gasteiger charge is -2.14. The van der Waals surface area contributed by atoms with Crippen molar-refractivity contribution in [1.82, 2.24) is 0 Å². The maximum Gasteiger partial charge on any atom is 0.323 e. The molecule has 3 aromatic rings. The zero-order valence-corrected chi connectivity index (χ0v) is 19.9. The molecular formula is C19H12Cl4N2O4S2. The lowest BCUT2D eigenvalue weighted by molar-refractivity contribution is 0.262. The highest BCUT2D eigenvalue weighted by molar-refractivity contribution is 8.00. The molecule has 0 radical (unpaired) electrons. The summed E-state index contributed by atoms with van der Waals surface area (Å²) in [4.78, 5) is 12.8. The number of rotatable bonds is 5. The summed E-state index contributed by atoms with van der Waals surface area (Å²) in [5.41, 5.74) is 0.723. The summed E-state index contributed by atoms with van der Waals surface area (Å²) in [6.07, 6.45) is 0. The lowest BCUT2D eigenvalue weighted by Crippen LogP contribution is -2.19. The molecule has 3 aromatic carbocycles. The van der Waals surface area contributed by atoms with Gasteiger partial charge in [-0.1, -0.05) is 58.2 Å².